The van der Waals surface area contributed by atoms with Crippen LogP contribution in [0.3, 0.4) is 0 Å². The molecule has 1 atom stereocenters. The Morgan fingerprint density at radius 3 is 2.15 bits per heavy atom. The highest BCUT2D eigenvalue weighted by Gasteiger charge is 2.30. The first-order chi connectivity index (χ1) is 15.5. The molecule has 33 heavy (non-hydrogen) atoms. The van der Waals surface area contributed by atoms with Gasteiger partial charge in [-0.05, 0) is 31.9 Å². The van der Waals surface area contributed by atoms with Crippen LogP contribution in [-0.2, 0) is 11.3 Å². The van der Waals surface area contributed by atoms with E-state index >= 15 is 0 Å². The molecule has 0 saturated carbocycles. The predicted molar refractivity (Wildman–Crippen MR) is 140 cm³/mol. The molecule has 10 heteroatoms. The van der Waals surface area contributed by atoms with Crippen LogP contribution in [0.15, 0.2) is 17.1 Å². The van der Waals surface area contributed by atoms with E-state index in [9.17, 15) is 4.79 Å². The minimum Gasteiger partial charge on any atom is -0.493 e. The largest absolute Gasteiger partial charge is 0.493 e. The maximum Gasteiger partial charge on any atom is 0.239 e. The number of methoxy groups -OCH3 is 3. The van der Waals surface area contributed by atoms with Gasteiger partial charge >= 0.3 is 0 Å². The Balaban J connectivity index is 0.00000385. The number of carbonyl (C=O) groups is 1. The lowest BCUT2D eigenvalue weighted by molar-refractivity contribution is -0.135. The molecular weight excluding hydrogens is 537 g/mol. The Morgan fingerprint density at radius 2 is 1.61 bits per heavy atom. The van der Waals surface area contributed by atoms with Crippen molar-refractivity contribution in [3.63, 3.8) is 0 Å². The number of nitrogens with one attached hydrogen (secondary N) is 1. The van der Waals surface area contributed by atoms with Gasteiger partial charge in [0.1, 0.15) is 0 Å². The second-order valence-corrected chi connectivity index (χ2v) is 8.13. The molecule has 0 aliphatic carbocycles. The fourth-order valence-corrected chi connectivity index (χ4v) is 4.49. The summed E-state index contributed by atoms with van der Waals surface area (Å²) in [7, 11) is 6.63. The molecule has 186 valence electrons. The topological polar surface area (TPSA) is 78.9 Å². The normalized spacial score (nSPS) is 17.9. The number of likely N-dealkylation sites (tertiary alicyclic amines) is 1. The maximum atomic E-state index is 12.7. The summed E-state index contributed by atoms with van der Waals surface area (Å²) in [5, 5.41) is 3.44. The Bertz CT molecular complexity index is 808. The lowest BCUT2D eigenvalue weighted by Crippen LogP contribution is -2.57. The Labute approximate surface area is 214 Å². The highest BCUT2D eigenvalue weighted by Crippen LogP contribution is 2.39. The van der Waals surface area contributed by atoms with Crippen molar-refractivity contribution in [3.8, 4) is 17.2 Å². The third kappa shape index (κ3) is 6.34. The number of rotatable bonds is 7. The van der Waals surface area contributed by atoms with Gasteiger partial charge in [0.25, 0.3) is 0 Å². The lowest BCUT2D eigenvalue weighted by atomic mass is 10.1. The zero-order valence-electron chi connectivity index (χ0n) is 20.4. The van der Waals surface area contributed by atoms with Crippen LogP contribution in [0.2, 0.25) is 0 Å². The molecule has 0 radical (unpaired) electrons. The summed E-state index contributed by atoms with van der Waals surface area (Å²) in [5.74, 6) is 2.95. The van der Waals surface area contributed by atoms with Crippen molar-refractivity contribution < 1.29 is 19.0 Å². The van der Waals surface area contributed by atoms with E-state index in [0.29, 0.717) is 23.8 Å². The van der Waals surface area contributed by atoms with Crippen molar-refractivity contribution in [2.45, 2.75) is 32.4 Å². The van der Waals surface area contributed by atoms with E-state index in [2.05, 4.69) is 20.1 Å². The molecule has 9 nitrogen and oxygen atoms in total. The molecule has 1 aromatic carbocycles. The Kier molecular flexibility index (Phi) is 10.8. The molecule has 0 bridgehead atoms. The number of carbonyl (C=O) groups excluding carboxylic acids is 1. The Hall–Kier alpha value is -1.95. The number of halogens is 1. The van der Waals surface area contributed by atoms with Crippen molar-refractivity contribution in [2.75, 3.05) is 67.6 Å². The monoisotopic (exact) mass is 575 g/mol. The number of amides is 1. The fourth-order valence-electron chi connectivity index (χ4n) is 4.49. The van der Waals surface area contributed by atoms with Gasteiger partial charge in [-0.2, -0.15) is 0 Å². The zero-order valence-corrected chi connectivity index (χ0v) is 22.8. The number of hydrogen-bond acceptors (Lipinski definition) is 6. The molecule has 1 aromatic rings. The summed E-state index contributed by atoms with van der Waals surface area (Å²) in [6.45, 7) is 7.69. The van der Waals surface area contributed by atoms with E-state index in [0.717, 1.165) is 63.6 Å². The van der Waals surface area contributed by atoms with Crippen LogP contribution in [0.5, 0.6) is 17.2 Å². The maximum absolute atomic E-state index is 12.7. The first kappa shape index (κ1) is 27.3. The highest BCUT2D eigenvalue weighted by atomic mass is 127. The molecular formula is C23H38IN5O4. The molecule has 2 aliphatic rings. The number of ether oxygens (including phenoxy) is 3. The van der Waals surface area contributed by atoms with E-state index in [-0.39, 0.29) is 35.9 Å². The van der Waals surface area contributed by atoms with Gasteiger partial charge in [-0.25, -0.2) is 0 Å². The van der Waals surface area contributed by atoms with Crippen LogP contribution in [0.4, 0.5) is 0 Å². The third-order valence-corrected chi connectivity index (χ3v) is 6.37. The van der Waals surface area contributed by atoms with Gasteiger partial charge in [0.05, 0.1) is 27.4 Å². The molecule has 2 saturated heterocycles. The summed E-state index contributed by atoms with van der Waals surface area (Å²) >= 11 is 0. The van der Waals surface area contributed by atoms with Crippen molar-refractivity contribution in [1.29, 1.82) is 0 Å². The van der Waals surface area contributed by atoms with Gasteiger partial charge in [0, 0.05) is 58.4 Å². The number of aliphatic imine (C=N–C) groups is 1. The number of hydrogen-bond donors (Lipinski definition) is 1. The first-order valence-corrected chi connectivity index (χ1v) is 11.3. The van der Waals surface area contributed by atoms with Crippen molar-refractivity contribution >= 4 is 35.8 Å². The molecule has 2 heterocycles. The number of nitrogens with zero attached hydrogens (tertiary/aromatic N) is 4. The summed E-state index contributed by atoms with van der Waals surface area (Å²) in [6, 6.07) is 3.77. The van der Waals surface area contributed by atoms with Crippen molar-refractivity contribution in [2.24, 2.45) is 4.99 Å². The molecule has 0 spiro atoms. The van der Waals surface area contributed by atoms with Gasteiger partial charge in [-0.1, -0.05) is 0 Å². The second-order valence-electron chi connectivity index (χ2n) is 8.13. The number of benzene rings is 1. The van der Waals surface area contributed by atoms with Crippen LogP contribution in [-0.4, -0.2) is 100 Å². The standard InChI is InChI=1S/C23H37N5O4.HI/c1-17(22(29)27-10-6-7-11-27)26-12-14-28(15-13-26)23(24-2)25-16-18-8-9-19(30-3)21(32-5)20(18)31-4;/h8-9,17H,6-7,10-16H2,1-5H3,(H,24,25);1H. The van der Waals surface area contributed by atoms with Gasteiger partial charge < -0.3 is 29.3 Å². The van der Waals surface area contributed by atoms with Crippen LogP contribution in [0.1, 0.15) is 25.3 Å². The minimum atomic E-state index is -0.0683. The lowest BCUT2D eigenvalue weighted by Gasteiger charge is -2.39. The molecule has 0 aromatic heterocycles. The molecule has 1 amide bonds. The highest BCUT2D eigenvalue weighted by molar-refractivity contribution is 14.0. The predicted octanol–water partition coefficient (Wildman–Crippen LogP) is 2.03. The van der Waals surface area contributed by atoms with E-state index in [1.807, 2.05) is 24.0 Å². The molecule has 3 rings (SSSR count). The van der Waals surface area contributed by atoms with Gasteiger partial charge in [0.15, 0.2) is 17.5 Å². The SMILES string of the molecule is CN=C(NCc1ccc(OC)c(OC)c1OC)N1CCN(C(C)C(=O)N2CCCC2)CC1.I. The third-order valence-electron chi connectivity index (χ3n) is 6.37. The summed E-state index contributed by atoms with van der Waals surface area (Å²) < 4.78 is 16.4. The first-order valence-electron chi connectivity index (χ1n) is 11.3. The zero-order chi connectivity index (χ0) is 23.1. The van der Waals surface area contributed by atoms with Gasteiger partial charge in [0.2, 0.25) is 11.7 Å². The van der Waals surface area contributed by atoms with E-state index in [4.69, 9.17) is 14.2 Å². The summed E-state index contributed by atoms with van der Waals surface area (Å²) in [4.78, 5) is 23.7. The van der Waals surface area contributed by atoms with Crippen LogP contribution in [0, 0.1) is 0 Å². The van der Waals surface area contributed by atoms with Gasteiger partial charge in [-0.3, -0.25) is 14.7 Å². The smallest absolute Gasteiger partial charge is 0.239 e. The summed E-state index contributed by atoms with van der Waals surface area (Å²) in [6.07, 6.45) is 2.25. The van der Waals surface area contributed by atoms with E-state index < -0.39 is 0 Å². The van der Waals surface area contributed by atoms with Crippen LogP contribution >= 0.6 is 24.0 Å². The molecule has 2 fully saturated rings. The molecule has 1 unspecified atom stereocenters. The molecule has 2 aliphatic heterocycles. The minimum absolute atomic E-state index is 0. The van der Waals surface area contributed by atoms with Gasteiger partial charge in [-0.15, -0.1) is 24.0 Å². The summed E-state index contributed by atoms with van der Waals surface area (Å²) in [5.41, 5.74) is 0.953. The average molecular weight is 575 g/mol. The number of guanidine groups is 1. The Morgan fingerprint density at radius 1 is 0.970 bits per heavy atom. The van der Waals surface area contributed by atoms with Crippen LogP contribution in [0.25, 0.3) is 0 Å². The van der Waals surface area contributed by atoms with Crippen molar-refractivity contribution in [3.05, 3.63) is 17.7 Å². The average Bonchev–Trinajstić information content (AvgIpc) is 3.38. The van der Waals surface area contributed by atoms with E-state index in [1.54, 1.807) is 28.4 Å². The quantitative estimate of drug-likeness (QED) is 0.303. The van der Waals surface area contributed by atoms with E-state index in [1.165, 1.54) is 0 Å². The second kappa shape index (κ2) is 13.1. The van der Waals surface area contributed by atoms with Crippen molar-refractivity contribution in [1.82, 2.24) is 20.0 Å². The number of piperazine rings is 1. The van der Waals surface area contributed by atoms with Crippen LogP contribution < -0.4 is 19.5 Å². The fraction of sp³-hybridized carbons (Fsp3) is 0.652. The molecule has 1 N–H and O–H groups in total.